The van der Waals surface area contributed by atoms with Gasteiger partial charge in [0, 0.05) is 17.7 Å². The molecule has 4 amide bonds. The third kappa shape index (κ3) is 10.1. The van der Waals surface area contributed by atoms with Gasteiger partial charge in [-0.05, 0) is 25.0 Å². The van der Waals surface area contributed by atoms with Crippen molar-refractivity contribution < 1.29 is 43.7 Å². The van der Waals surface area contributed by atoms with Crippen molar-refractivity contribution in [2.24, 2.45) is 5.73 Å². The number of rotatable bonds is 11. The lowest BCUT2D eigenvalue weighted by atomic mass is 9.91. The van der Waals surface area contributed by atoms with Gasteiger partial charge in [0.1, 0.15) is 17.9 Å². The van der Waals surface area contributed by atoms with Gasteiger partial charge in [-0.25, -0.2) is 14.4 Å². The number of esters is 1. The van der Waals surface area contributed by atoms with Crippen LogP contribution in [0.3, 0.4) is 0 Å². The zero-order valence-electron chi connectivity index (χ0n) is 22.8. The average Bonchev–Trinajstić information content (AvgIpc) is 3.16. The number of amidine groups is 1. The molecule has 0 bridgehead atoms. The number of aliphatic carboxylic acids is 2. The number of nitrogens with two attached hydrogens (primary N) is 1. The Balaban J connectivity index is 0.000000903. The Morgan fingerprint density at radius 3 is 2.09 bits per heavy atom. The van der Waals surface area contributed by atoms with Crippen molar-refractivity contribution in [3.05, 3.63) is 83.4 Å². The highest BCUT2D eigenvalue weighted by atomic mass is 16.5. The maximum atomic E-state index is 13.1. The van der Waals surface area contributed by atoms with E-state index in [1.165, 1.54) is 0 Å². The summed E-state index contributed by atoms with van der Waals surface area (Å²) < 4.78 is 5.00. The lowest BCUT2D eigenvalue weighted by molar-refractivity contribution is -0.144. The van der Waals surface area contributed by atoms with E-state index < -0.39 is 53.9 Å². The third-order valence-corrected chi connectivity index (χ3v) is 5.93. The van der Waals surface area contributed by atoms with Gasteiger partial charge in [-0.1, -0.05) is 62.0 Å². The first kappa shape index (κ1) is 35.5. The maximum Gasteiger partial charge on any atom is 0.328 e. The Labute approximate surface area is 248 Å². The van der Waals surface area contributed by atoms with Crippen LogP contribution >= 0.6 is 0 Å². The summed E-state index contributed by atoms with van der Waals surface area (Å²) in [6, 6.07) is 13.9. The van der Waals surface area contributed by atoms with Crippen LogP contribution in [0.5, 0.6) is 0 Å². The van der Waals surface area contributed by atoms with Gasteiger partial charge in [0.15, 0.2) is 0 Å². The van der Waals surface area contributed by atoms with Crippen LogP contribution in [0.2, 0.25) is 0 Å². The van der Waals surface area contributed by atoms with Crippen molar-refractivity contribution in [2.45, 2.75) is 39.3 Å². The summed E-state index contributed by atoms with van der Waals surface area (Å²) in [7, 11) is 0. The Bertz CT molecular complexity index is 1360. The van der Waals surface area contributed by atoms with Crippen LogP contribution in [-0.2, 0) is 34.2 Å². The van der Waals surface area contributed by atoms with Gasteiger partial charge < -0.3 is 31.3 Å². The number of hydrogen-bond acceptors (Lipinski definition) is 8. The molecule has 2 aromatic rings. The Morgan fingerprint density at radius 1 is 1.05 bits per heavy atom. The zero-order chi connectivity index (χ0) is 31.4. The minimum atomic E-state index is -1.38. The molecule has 230 valence electrons. The maximum absolute atomic E-state index is 13.1. The van der Waals surface area contributed by atoms with Gasteiger partial charge in [0.05, 0.1) is 19.1 Å². The van der Waals surface area contributed by atoms with Gasteiger partial charge in [0.2, 0.25) is 5.91 Å². The predicted molar refractivity (Wildman–Crippen MR) is 155 cm³/mol. The second-order valence-electron chi connectivity index (χ2n) is 8.99. The summed E-state index contributed by atoms with van der Waals surface area (Å²) in [5, 5.41) is 28.5. The minimum absolute atomic E-state index is 0. The molecule has 2 aromatic carbocycles. The normalized spacial score (nSPS) is 16.2. The van der Waals surface area contributed by atoms with E-state index >= 15 is 0 Å². The van der Waals surface area contributed by atoms with Gasteiger partial charge in [-0.2, -0.15) is 0 Å². The number of carboxylic acid groups (broad SMARTS) is 2. The smallest absolute Gasteiger partial charge is 0.328 e. The van der Waals surface area contributed by atoms with Crippen LogP contribution in [0.4, 0.5) is 4.79 Å². The molecule has 14 heteroatoms. The lowest BCUT2D eigenvalue weighted by Gasteiger charge is -2.23. The molecule has 0 aromatic heterocycles. The van der Waals surface area contributed by atoms with Crippen molar-refractivity contribution >= 4 is 41.6 Å². The molecule has 1 saturated heterocycles. The number of urea groups is 1. The molecule has 0 spiro atoms. The first-order valence-electron chi connectivity index (χ1n) is 12.5. The van der Waals surface area contributed by atoms with Crippen molar-refractivity contribution in [1.82, 2.24) is 15.5 Å². The molecule has 1 fully saturated rings. The second-order valence-corrected chi connectivity index (χ2v) is 8.99. The van der Waals surface area contributed by atoms with E-state index in [1.807, 2.05) is 6.07 Å². The van der Waals surface area contributed by atoms with Crippen LogP contribution in [0, 0.1) is 5.41 Å². The van der Waals surface area contributed by atoms with Crippen molar-refractivity contribution in [2.75, 3.05) is 13.2 Å². The topological polar surface area (TPSA) is 229 Å². The van der Waals surface area contributed by atoms with E-state index in [-0.39, 0.29) is 26.3 Å². The summed E-state index contributed by atoms with van der Waals surface area (Å²) in [4.78, 5) is 70.5. The van der Waals surface area contributed by atoms with Crippen LogP contribution < -0.4 is 16.4 Å². The third-order valence-electron chi connectivity index (χ3n) is 5.93. The fourth-order valence-electron chi connectivity index (χ4n) is 3.87. The van der Waals surface area contributed by atoms with Gasteiger partial charge in [-0.15, -0.1) is 0 Å². The molecule has 1 heterocycles. The Hall–Kier alpha value is -5.53. The number of imide groups is 1. The highest BCUT2D eigenvalue weighted by molar-refractivity contribution is 6.09. The average molecular weight is 598 g/mol. The van der Waals surface area contributed by atoms with Gasteiger partial charge in [-0.3, -0.25) is 24.7 Å². The molecule has 1 aliphatic rings. The highest BCUT2D eigenvalue weighted by Gasteiger charge is 2.49. The molecule has 3 rings (SSSR count). The number of carboxylic acids is 2. The molecule has 0 radical (unpaired) electrons. The molecular weight excluding hydrogens is 562 g/mol. The number of nitrogens with zero attached hydrogens (tertiary/aromatic N) is 1. The van der Waals surface area contributed by atoms with E-state index in [4.69, 9.17) is 26.1 Å². The summed E-state index contributed by atoms with van der Waals surface area (Å²) in [6.07, 6.45) is 1.02. The van der Waals surface area contributed by atoms with Crippen LogP contribution in [0.25, 0.3) is 0 Å². The Kier molecular flexibility index (Phi) is 13.2. The minimum Gasteiger partial charge on any atom is -0.478 e. The zero-order valence-corrected chi connectivity index (χ0v) is 22.8. The fourth-order valence-corrected chi connectivity index (χ4v) is 3.87. The second kappa shape index (κ2) is 16.0. The van der Waals surface area contributed by atoms with Crippen molar-refractivity contribution in [3.8, 4) is 0 Å². The molecule has 0 saturated carbocycles. The molecule has 2 atom stereocenters. The Morgan fingerprint density at radius 2 is 1.60 bits per heavy atom. The van der Waals surface area contributed by atoms with Crippen molar-refractivity contribution in [1.29, 1.82) is 5.41 Å². The number of benzene rings is 2. The number of carbonyl (C=O) groups is 6. The summed E-state index contributed by atoms with van der Waals surface area (Å²) in [5.41, 5.74) is 5.75. The number of carbonyl (C=O) groups excluding carboxylic acids is 4. The highest BCUT2D eigenvalue weighted by Crippen LogP contribution is 2.29. The van der Waals surface area contributed by atoms with E-state index in [2.05, 4.69) is 10.6 Å². The van der Waals surface area contributed by atoms with Crippen LogP contribution in [0.1, 0.15) is 50.4 Å². The quantitative estimate of drug-likeness (QED) is 0.0724. The molecule has 14 nitrogen and oxygen atoms in total. The number of hydrogen-bond donors (Lipinski definition) is 6. The largest absolute Gasteiger partial charge is 0.478 e. The SMILES string of the molecule is C.CCOC(=O)C[C@H](NC(=O)CN1C(=O)N[C@@](C)(c2ccc(C(=N)N)cc2)C1=O)c1ccccc1.O=C(O)/C=C\C(=O)O. The molecular formula is C29H35N5O9. The first-order chi connectivity index (χ1) is 19.8. The van der Waals surface area contributed by atoms with Gasteiger partial charge in [0.25, 0.3) is 5.91 Å². The molecule has 7 N–H and O–H groups in total. The summed E-state index contributed by atoms with van der Waals surface area (Å²) >= 11 is 0. The van der Waals surface area contributed by atoms with E-state index in [9.17, 15) is 28.8 Å². The lowest BCUT2D eigenvalue weighted by Crippen LogP contribution is -2.44. The summed E-state index contributed by atoms with van der Waals surface area (Å²) in [6.45, 7) is 2.93. The van der Waals surface area contributed by atoms with Crippen molar-refractivity contribution in [3.63, 3.8) is 0 Å². The van der Waals surface area contributed by atoms with Gasteiger partial charge >= 0.3 is 23.9 Å². The fraction of sp³-hybridized carbons (Fsp3) is 0.276. The van der Waals surface area contributed by atoms with E-state index in [0.29, 0.717) is 28.8 Å². The molecule has 43 heavy (non-hydrogen) atoms. The number of nitrogen functional groups attached to an aromatic ring is 1. The predicted octanol–water partition coefficient (Wildman–Crippen LogP) is 1.90. The van der Waals surface area contributed by atoms with E-state index in [1.54, 1.807) is 62.4 Å². The molecule has 0 unspecified atom stereocenters. The molecule has 1 aliphatic heterocycles. The number of ether oxygens (including phenoxy) is 1. The summed E-state index contributed by atoms with van der Waals surface area (Å²) in [5.74, 6) is -4.30. The number of nitrogens with one attached hydrogen (secondary N) is 3. The standard InChI is InChI=1S/C24H27N5O5.C4H4O4.CH4/c1-3-34-20(31)13-18(15-7-5-4-6-8-15)27-19(30)14-29-22(32)24(2,28-23(29)33)17-11-9-16(10-12-17)21(25)26;5-3(6)1-2-4(7)8;/h4-12,18H,3,13-14H2,1-2H3,(H3,25,26)(H,27,30)(H,28,33);1-2H,(H,5,6)(H,7,8);1H4/b;2-1-;/t18-,24-;;/m0../s1. The first-order valence-corrected chi connectivity index (χ1v) is 12.5. The van der Waals surface area contributed by atoms with Crippen LogP contribution in [-0.4, -0.2) is 69.9 Å². The number of amides is 4. The van der Waals surface area contributed by atoms with Crippen LogP contribution in [0.15, 0.2) is 66.7 Å². The monoisotopic (exact) mass is 597 g/mol. The van der Waals surface area contributed by atoms with E-state index in [0.717, 1.165) is 4.90 Å². The molecule has 0 aliphatic carbocycles.